The number of hydrogen-bond donors (Lipinski definition) is 3. The van der Waals surface area contributed by atoms with Gasteiger partial charge in [-0.3, -0.25) is 10.1 Å². The number of rotatable bonds is 6. The van der Waals surface area contributed by atoms with Gasteiger partial charge >= 0.3 is 5.97 Å². The Morgan fingerprint density at radius 2 is 2.12 bits per heavy atom. The molecule has 130 valence electrons. The molecule has 9 nitrogen and oxygen atoms in total. The van der Waals surface area contributed by atoms with Gasteiger partial charge in [0.15, 0.2) is 0 Å². The van der Waals surface area contributed by atoms with E-state index in [1.165, 1.54) is 24.3 Å². The number of carboxylic acid groups (broad SMARTS) is 1. The number of nitrogens with zero attached hydrogens (tertiary/aromatic N) is 1. The maximum absolute atomic E-state index is 11.4. The van der Waals surface area contributed by atoms with Gasteiger partial charge in [-0.1, -0.05) is 12.1 Å². The molecule has 0 radical (unpaired) electrons. The third-order valence-electron chi connectivity index (χ3n) is 3.44. The highest BCUT2D eigenvalue weighted by Gasteiger charge is 2.31. The van der Waals surface area contributed by atoms with Crippen LogP contribution >= 0.6 is 0 Å². The average Bonchev–Trinajstić information content (AvgIpc) is 2.53. The molecule has 1 heterocycles. The van der Waals surface area contributed by atoms with Gasteiger partial charge in [0, 0.05) is 25.0 Å². The third kappa shape index (κ3) is 4.51. The fourth-order valence-electron chi connectivity index (χ4n) is 2.35. The zero-order valence-corrected chi connectivity index (χ0v) is 12.6. The number of carboxylic acids is 1. The van der Waals surface area contributed by atoms with Crippen LogP contribution in [0.5, 0.6) is 0 Å². The lowest BCUT2D eigenvalue weighted by Gasteiger charge is -2.32. The molecule has 0 bridgehead atoms. The van der Waals surface area contributed by atoms with Crippen molar-refractivity contribution >= 4 is 17.7 Å². The van der Waals surface area contributed by atoms with E-state index in [2.05, 4.69) is 0 Å². The van der Waals surface area contributed by atoms with Crippen molar-refractivity contribution in [2.24, 2.45) is 0 Å². The van der Waals surface area contributed by atoms with Crippen LogP contribution in [0.4, 0.5) is 5.69 Å². The smallest absolute Gasteiger partial charge is 0.371 e. The van der Waals surface area contributed by atoms with Crippen LogP contribution in [0.1, 0.15) is 18.4 Å². The number of nitro groups is 1. The highest BCUT2D eigenvalue weighted by molar-refractivity contribution is 5.90. The summed E-state index contributed by atoms with van der Waals surface area (Å²) in [6, 6.07) is 5.62. The minimum Gasteiger partial charge on any atom is -0.475 e. The Morgan fingerprint density at radius 3 is 2.75 bits per heavy atom. The molecule has 1 aliphatic heterocycles. The van der Waals surface area contributed by atoms with Crippen molar-refractivity contribution in [2.75, 3.05) is 6.61 Å². The number of ether oxygens (including phenoxy) is 2. The van der Waals surface area contributed by atoms with Crippen LogP contribution < -0.4 is 0 Å². The summed E-state index contributed by atoms with van der Waals surface area (Å²) < 4.78 is 10.6. The highest BCUT2D eigenvalue weighted by Crippen LogP contribution is 2.25. The lowest BCUT2D eigenvalue weighted by Crippen LogP contribution is -2.39. The molecule has 1 aromatic carbocycles. The molecule has 2 rings (SSSR count). The highest BCUT2D eigenvalue weighted by atomic mass is 16.7. The van der Waals surface area contributed by atoms with Crippen molar-refractivity contribution in [1.29, 1.82) is 0 Å². The zero-order chi connectivity index (χ0) is 17.7. The summed E-state index contributed by atoms with van der Waals surface area (Å²) in [6.07, 6.45) is -1.28. The molecule has 3 N–H and O–H groups in total. The Hall–Kier alpha value is -2.49. The van der Waals surface area contributed by atoms with Gasteiger partial charge in [0.2, 0.25) is 12.0 Å². The SMILES string of the molecule is O=C(O)/C(=C/c1ccccc1[N+](=O)[O-])OC1CC(O)CC(CO)O1. The number of benzene rings is 1. The molecule has 24 heavy (non-hydrogen) atoms. The van der Waals surface area contributed by atoms with Crippen molar-refractivity contribution in [3.63, 3.8) is 0 Å². The van der Waals surface area contributed by atoms with E-state index in [1.54, 1.807) is 0 Å². The second-order valence-corrected chi connectivity index (χ2v) is 5.24. The normalized spacial score (nSPS) is 24.4. The van der Waals surface area contributed by atoms with Crippen molar-refractivity contribution < 1.29 is 34.5 Å². The van der Waals surface area contributed by atoms with Crippen LogP contribution in [-0.2, 0) is 14.3 Å². The van der Waals surface area contributed by atoms with Gasteiger partial charge in [0.1, 0.15) is 0 Å². The maximum Gasteiger partial charge on any atom is 0.371 e. The molecule has 3 unspecified atom stereocenters. The molecule has 1 saturated heterocycles. The molecule has 0 saturated carbocycles. The molecule has 0 aliphatic carbocycles. The fraction of sp³-hybridized carbons (Fsp3) is 0.400. The van der Waals surface area contributed by atoms with E-state index < -0.39 is 35.1 Å². The second-order valence-electron chi connectivity index (χ2n) is 5.24. The summed E-state index contributed by atoms with van der Waals surface area (Å²) in [4.78, 5) is 21.7. The first-order valence-electron chi connectivity index (χ1n) is 7.20. The number of aliphatic hydroxyl groups excluding tert-OH is 2. The monoisotopic (exact) mass is 339 g/mol. The lowest BCUT2D eigenvalue weighted by atomic mass is 10.1. The molecule has 1 aliphatic rings. The summed E-state index contributed by atoms with van der Waals surface area (Å²) in [5.41, 5.74) is -0.201. The Balaban J connectivity index is 2.24. The number of hydrogen-bond acceptors (Lipinski definition) is 7. The topological polar surface area (TPSA) is 139 Å². The summed E-state index contributed by atoms with van der Waals surface area (Å²) in [7, 11) is 0. The van der Waals surface area contributed by atoms with Crippen molar-refractivity contribution in [2.45, 2.75) is 31.3 Å². The molecular weight excluding hydrogens is 322 g/mol. The van der Waals surface area contributed by atoms with E-state index in [1.807, 2.05) is 0 Å². The van der Waals surface area contributed by atoms with E-state index in [4.69, 9.17) is 14.6 Å². The number of para-hydroxylation sites is 1. The van der Waals surface area contributed by atoms with Gasteiger partial charge in [-0.15, -0.1) is 0 Å². The van der Waals surface area contributed by atoms with Crippen molar-refractivity contribution in [3.8, 4) is 0 Å². The van der Waals surface area contributed by atoms with E-state index in [-0.39, 0.29) is 30.7 Å². The Labute approximate surface area is 136 Å². The number of aliphatic hydroxyl groups is 2. The zero-order valence-electron chi connectivity index (χ0n) is 12.6. The standard InChI is InChI=1S/C15H17NO8/c17-8-11-6-10(18)7-14(23-11)24-13(15(19)20)5-9-3-1-2-4-12(9)16(21)22/h1-5,10-11,14,17-18H,6-8H2,(H,19,20)/b13-5-. The molecule has 1 aromatic rings. The van der Waals surface area contributed by atoms with Crippen LogP contribution in [0, 0.1) is 10.1 Å². The predicted octanol–water partition coefficient (Wildman–Crippen LogP) is 0.895. The summed E-state index contributed by atoms with van der Waals surface area (Å²) in [5.74, 6) is -1.99. The predicted molar refractivity (Wildman–Crippen MR) is 80.8 cm³/mol. The summed E-state index contributed by atoms with van der Waals surface area (Å²) >= 11 is 0. The van der Waals surface area contributed by atoms with Crippen LogP contribution in [-0.4, -0.2) is 51.3 Å². The fourth-order valence-corrected chi connectivity index (χ4v) is 2.35. The molecule has 0 aromatic heterocycles. The molecule has 0 spiro atoms. The van der Waals surface area contributed by atoms with Crippen LogP contribution in [0.25, 0.3) is 6.08 Å². The molecule has 9 heteroatoms. The first-order valence-corrected chi connectivity index (χ1v) is 7.20. The van der Waals surface area contributed by atoms with Gasteiger partial charge < -0.3 is 24.8 Å². The van der Waals surface area contributed by atoms with Crippen LogP contribution in [0.15, 0.2) is 30.0 Å². The van der Waals surface area contributed by atoms with Gasteiger partial charge in [0.05, 0.1) is 29.3 Å². The Kier molecular flexibility index (Phi) is 5.85. The molecule has 3 atom stereocenters. The van der Waals surface area contributed by atoms with Gasteiger partial charge in [-0.25, -0.2) is 4.79 Å². The first kappa shape index (κ1) is 17.9. The van der Waals surface area contributed by atoms with Gasteiger partial charge in [-0.2, -0.15) is 0 Å². The van der Waals surface area contributed by atoms with Gasteiger partial charge in [0.25, 0.3) is 5.69 Å². The Morgan fingerprint density at radius 1 is 1.42 bits per heavy atom. The van der Waals surface area contributed by atoms with E-state index >= 15 is 0 Å². The van der Waals surface area contributed by atoms with Gasteiger partial charge in [-0.05, 0) is 6.07 Å². The molecule has 1 fully saturated rings. The largest absolute Gasteiger partial charge is 0.475 e. The van der Waals surface area contributed by atoms with Crippen molar-refractivity contribution in [1.82, 2.24) is 0 Å². The minimum absolute atomic E-state index is 0.0258. The first-order chi connectivity index (χ1) is 11.4. The Bertz CT molecular complexity index is 644. The molecule has 0 amide bonds. The molecular formula is C15H17NO8. The summed E-state index contributed by atoms with van der Waals surface area (Å²) in [6.45, 7) is -0.340. The second kappa shape index (κ2) is 7.86. The van der Waals surface area contributed by atoms with Crippen molar-refractivity contribution in [3.05, 3.63) is 45.7 Å². The quantitative estimate of drug-likeness (QED) is 0.300. The summed E-state index contributed by atoms with van der Waals surface area (Å²) in [5, 5.41) is 39.1. The van der Waals surface area contributed by atoms with E-state index in [9.17, 15) is 25.1 Å². The average molecular weight is 339 g/mol. The van der Waals surface area contributed by atoms with E-state index in [0.717, 1.165) is 6.08 Å². The van der Waals surface area contributed by atoms with E-state index in [0.29, 0.717) is 0 Å². The lowest BCUT2D eigenvalue weighted by molar-refractivity contribution is -0.385. The number of nitro benzene ring substituents is 1. The van der Waals surface area contributed by atoms with Crippen LogP contribution in [0.2, 0.25) is 0 Å². The maximum atomic E-state index is 11.4. The number of aliphatic carboxylic acids is 1. The van der Waals surface area contributed by atoms with Crippen LogP contribution in [0.3, 0.4) is 0 Å². The minimum atomic E-state index is -1.43. The number of carbonyl (C=O) groups is 1. The third-order valence-corrected chi connectivity index (χ3v) is 3.44.